The van der Waals surface area contributed by atoms with Crippen molar-refractivity contribution in [3.05, 3.63) is 56.4 Å². The van der Waals surface area contributed by atoms with E-state index in [1.165, 1.54) is 6.07 Å². The first kappa shape index (κ1) is 17.9. The number of carbonyl (C=O) groups is 2. The predicted octanol–water partition coefficient (Wildman–Crippen LogP) is -1.29. The third-order valence-electron chi connectivity index (χ3n) is 3.39. The Bertz CT molecular complexity index is 981. The van der Waals surface area contributed by atoms with Crippen LogP contribution in [0.2, 0.25) is 0 Å². The van der Waals surface area contributed by atoms with Crippen molar-refractivity contribution >= 4 is 18.0 Å². The minimum absolute atomic E-state index is 0.115. The van der Waals surface area contributed by atoms with Gasteiger partial charge in [-0.3, -0.25) is 19.4 Å². The fourth-order valence-corrected chi connectivity index (χ4v) is 2.22. The van der Waals surface area contributed by atoms with E-state index in [1.807, 2.05) is 4.98 Å². The van der Waals surface area contributed by atoms with E-state index in [0.29, 0.717) is 30.3 Å². The number of aromatic amines is 2. The Morgan fingerprint density at radius 2 is 1.89 bits per heavy atom. The average Bonchev–Trinajstić information content (AvgIpc) is 2.65. The number of carbonyl (C=O) groups excluding carboxylic acids is 2. The molecule has 1 aromatic carbocycles. The van der Waals surface area contributed by atoms with E-state index in [-0.39, 0.29) is 12.2 Å². The number of amides is 2. The number of hydrazone groups is 1. The van der Waals surface area contributed by atoms with E-state index in [9.17, 15) is 19.2 Å². The summed E-state index contributed by atoms with van der Waals surface area (Å²) in [6, 6.07) is 5.81. The van der Waals surface area contributed by atoms with Gasteiger partial charge in [0.25, 0.3) is 17.4 Å². The van der Waals surface area contributed by atoms with E-state index < -0.39 is 23.1 Å². The van der Waals surface area contributed by atoms with Gasteiger partial charge < -0.3 is 19.8 Å². The van der Waals surface area contributed by atoms with Crippen LogP contribution in [0.25, 0.3) is 0 Å². The minimum atomic E-state index is -0.693. The molecule has 0 saturated carbocycles. The Morgan fingerprint density at radius 3 is 2.67 bits per heavy atom. The van der Waals surface area contributed by atoms with Gasteiger partial charge >= 0.3 is 5.69 Å². The number of H-pyrrole nitrogens is 2. The Labute approximate surface area is 151 Å². The second-order valence-electron chi connectivity index (χ2n) is 5.38. The second-order valence-corrected chi connectivity index (χ2v) is 5.38. The molecule has 0 fully saturated rings. The molecule has 3 rings (SSSR count). The first-order valence-electron chi connectivity index (χ1n) is 7.85. The van der Waals surface area contributed by atoms with Gasteiger partial charge in [-0.05, 0) is 18.2 Å². The molecule has 0 spiro atoms. The lowest BCUT2D eigenvalue weighted by Gasteiger charge is -2.18. The smallest absolute Gasteiger partial charge is 0.326 e. The maximum Gasteiger partial charge on any atom is 0.326 e. The van der Waals surface area contributed by atoms with E-state index in [2.05, 4.69) is 20.8 Å². The number of hydrogen-bond donors (Lipinski definition) is 4. The number of hydrogen-bond acceptors (Lipinski definition) is 7. The fourth-order valence-electron chi connectivity index (χ4n) is 2.22. The van der Waals surface area contributed by atoms with Crippen LogP contribution in [0.3, 0.4) is 0 Å². The molecule has 0 aliphatic carbocycles. The number of aromatic nitrogens is 2. The first-order valence-corrected chi connectivity index (χ1v) is 7.85. The lowest BCUT2D eigenvalue weighted by atomic mass is 10.2. The zero-order valence-electron chi connectivity index (χ0n) is 13.9. The summed E-state index contributed by atoms with van der Waals surface area (Å²) in [6.45, 7) is 0.526. The highest BCUT2D eigenvalue weighted by Crippen LogP contribution is 2.30. The van der Waals surface area contributed by atoms with Crippen LogP contribution < -0.4 is 31.5 Å². The molecule has 0 atom stereocenters. The van der Waals surface area contributed by atoms with Crippen molar-refractivity contribution in [1.29, 1.82) is 0 Å². The highest BCUT2D eigenvalue weighted by Gasteiger charge is 2.15. The summed E-state index contributed by atoms with van der Waals surface area (Å²) in [5, 5.41) is 6.04. The van der Waals surface area contributed by atoms with E-state index in [0.717, 1.165) is 12.3 Å². The average molecular weight is 373 g/mol. The van der Waals surface area contributed by atoms with Crippen molar-refractivity contribution in [2.75, 3.05) is 19.8 Å². The van der Waals surface area contributed by atoms with Crippen molar-refractivity contribution < 1.29 is 19.1 Å². The normalized spacial score (nSPS) is 12.6. The number of rotatable bonds is 5. The first-order chi connectivity index (χ1) is 13.0. The summed E-state index contributed by atoms with van der Waals surface area (Å²) < 4.78 is 10.8. The van der Waals surface area contributed by atoms with Crippen LogP contribution in [0.1, 0.15) is 16.1 Å². The quantitative estimate of drug-likeness (QED) is 0.378. The van der Waals surface area contributed by atoms with Gasteiger partial charge in [-0.1, -0.05) is 0 Å². The number of nitrogens with one attached hydrogen (secondary N) is 4. The third-order valence-corrected chi connectivity index (χ3v) is 3.39. The molecule has 140 valence electrons. The van der Waals surface area contributed by atoms with Crippen molar-refractivity contribution in [1.82, 2.24) is 20.7 Å². The van der Waals surface area contributed by atoms with Crippen LogP contribution in [0.5, 0.6) is 11.5 Å². The summed E-state index contributed by atoms with van der Waals surface area (Å²) in [7, 11) is 0. The molecule has 0 radical (unpaired) electrons. The van der Waals surface area contributed by atoms with Crippen LogP contribution in [0.4, 0.5) is 0 Å². The van der Waals surface area contributed by atoms with Gasteiger partial charge in [-0.25, -0.2) is 10.2 Å². The third kappa shape index (κ3) is 4.81. The summed E-state index contributed by atoms with van der Waals surface area (Å²) in [4.78, 5) is 50.3. The lowest BCUT2D eigenvalue weighted by molar-refractivity contribution is -0.120. The van der Waals surface area contributed by atoms with E-state index in [1.54, 1.807) is 12.1 Å². The van der Waals surface area contributed by atoms with E-state index in [4.69, 9.17) is 9.47 Å². The maximum atomic E-state index is 12.1. The lowest BCUT2D eigenvalue weighted by Crippen LogP contribution is -2.35. The van der Waals surface area contributed by atoms with E-state index >= 15 is 0 Å². The standard InChI is InChI=1S/C16H15N5O6/c22-13-6-10(19-16(25)20-13)7-18-21-14(23)8-17-15(24)9-1-2-11-12(5-9)27-4-3-26-11/h1-2,5-7H,3-4,8H2,(H,17,24)(H,21,23)(H2,19,20,22,25)/b18-7-. The molecule has 11 nitrogen and oxygen atoms in total. The molecule has 1 aliphatic rings. The zero-order valence-corrected chi connectivity index (χ0v) is 13.9. The van der Waals surface area contributed by atoms with Gasteiger partial charge in [-0.15, -0.1) is 0 Å². The molecular weight excluding hydrogens is 358 g/mol. The van der Waals surface area contributed by atoms with Crippen molar-refractivity contribution in [3.8, 4) is 11.5 Å². The summed E-state index contributed by atoms with van der Waals surface area (Å²) >= 11 is 0. The van der Waals surface area contributed by atoms with Crippen molar-refractivity contribution in [3.63, 3.8) is 0 Å². The number of fused-ring (bicyclic) bond motifs is 1. The zero-order chi connectivity index (χ0) is 19.2. The van der Waals surface area contributed by atoms with Gasteiger partial charge in [-0.2, -0.15) is 5.10 Å². The monoisotopic (exact) mass is 373 g/mol. The molecule has 0 bridgehead atoms. The Morgan fingerprint density at radius 1 is 1.11 bits per heavy atom. The minimum Gasteiger partial charge on any atom is -0.486 e. The predicted molar refractivity (Wildman–Crippen MR) is 93.2 cm³/mol. The van der Waals surface area contributed by atoms with Crippen LogP contribution >= 0.6 is 0 Å². The molecular formula is C16H15N5O6. The number of benzene rings is 1. The number of nitrogens with zero attached hydrogens (tertiary/aromatic N) is 1. The van der Waals surface area contributed by atoms with Gasteiger partial charge in [0.2, 0.25) is 0 Å². The molecule has 27 heavy (non-hydrogen) atoms. The molecule has 2 amide bonds. The highest BCUT2D eigenvalue weighted by molar-refractivity contribution is 5.97. The molecule has 2 aromatic rings. The Balaban J connectivity index is 1.51. The SMILES string of the molecule is O=C(CNC(=O)c1ccc2c(c1)OCCO2)N/N=C\c1cc(=O)[nH]c(=O)[nH]1. The van der Waals surface area contributed by atoms with Gasteiger partial charge in [0, 0.05) is 11.6 Å². The summed E-state index contributed by atoms with van der Waals surface area (Å²) in [6.07, 6.45) is 1.09. The van der Waals surface area contributed by atoms with Crippen molar-refractivity contribution in [2.45, 2.75) is 0 Å². The molecule has 1 aromatic heterocycles. The highest BCUT2D eigenvalue weighted by atomic mass is 16.6. The Hall–Kier alpha value is -3.89. The molecule has 11 heteroatoms. The Kier molecular flexibility index (Phi) is 5.30. The molecule has 0 saturated heterocycles. The summed E-state index contributed by atoms with van der Waals surface area (Å²) in [5.41, 5.74) is 1.30. The van der Waals surface area contributed by atoms with Crippen molar-refractivity contribution in [2.24, 2.45) is 5.10 Å². The second kappa shape index (κ2) is 7.99. The van der Waals surface area contributed by atoms with Gasteiger partial charge in [0.05, 0.1) is 18.5 Å². The van der Waals surface area contributed by atoms with Gasteiger partial charge in [0.15, 0.2) is 11.5 Å². The van der Waals surface area contributed by atoms with Crippen LogP contribution in [-0.4, -0.2) is 47.8 Å². The maximum absolute atomic E-state index is 12.1. The topological polar surface area (TPSA) is 155 Å². The molecule has 2 heterocycles. The fraction of sp³-hybridized carbons (Fsp3) is 0.188. The number of ether oxygens (including phenoxy) is 2. The molecule has 4 N–H and O–H groups in total. The van der Waals surface area contributed by atoms with Gasteiger partial charge in [0.1, 0.15) is 13.2 Å². The van der Waals surface area contributed by atoms with Crippen LogP contribution in [0, 0.1) is 0 Å². The molecule has 0 unspecified atom stereocenters. The largest absolute Gasteiger partial charge is 0.486 e. The van der Waals surface area contributed by atoms with Crippen LogP contribution in [0.15, 0.2) is 39.0 Å². The summed E-state index contributed by atoms with van der Waals surface area (Å²) in [5.74, 6) is -0.0354. The van der Waals surface area contributed by atoms with Crippen LogP contribution in [-0.2, 0) is 4.79 Å². The molecule has 1 aliphatic heterocycles.